The quantitative estimate of drug-likeness (QED) is 0.514. The van der Waals surface area contributed by atoms with Gasteiger partial charge in [-0.15, -0.1) is 0 Å². The molecule has 0 heterocycles. The van der Waals surface area contributed by atoms with Crippen molar-refractivity contribution < 1.29 is 17.9 Å². The van der Waals surface area contributed by atoms with Gasteiger partial charge >= 0.3 is 0 Å². The van der Waals surface area contributed by atoms with Crippen LogP contribution in [0.4, 0.5) is 5.69 Å². The minimum atomic E-state index is -3.53. The maximum atomic E-state index is 12.3. The number of carbonyl (C=O) groups excluding carboxylic acids is 1. The van der Waals surface area contributed by atoms with Crippen LogP contribution < -0.4 is 14.4 Å². The second-order valence-electron chi connectivity index (χ2n) is 7.17. The molecule has 3 aromatic carbocycles. The monoisotopic (exact) mass is 460 g/mol. The molecule has 8 heteroatoms. The molecule has 3 aromatic rings. The molecule has 0 spiro atoms. The van der Waals surface area contributed by atoms with E-state index in [0.717, 1.165) is 22.6 Å². The lowest BCUT2D eigenvalue weighted by molar-refractivity contribution is -0.121. The zero-order valence-electron chi connectivity index (χ0n) is 17.5. The van der Waals surface area contributed by atoms with Crippen molar-refractivity contribution in [2.24, 2.45) is 0 Å². The number of hydrogen-bond donors (Lipinski definition) is 1. The number of fused-ring (bicyclic) bond motifs is 1. The number of amides is 1. The number of hydrogen-bond acceptors (Lipinski definition) is 4. The van der Waals surface area contributed by atoms with Crippen molar-refractivity contribution >= 4 is 44.0 Å². The first-order chi connectivity index (χ1) is 14.8. The summed E-state index contributed by atoms with van der Waals surface area (Å²) in [5.74, 6) is 0.334. The largest absolute Gasteiger partial charge is 0.495 e. The van der Waals surface area contributed by atoms with Gasteiger partial charge < -0.3 is 10.1 Å². The van der Waals surface area contributed by atoms with Crippen molar-refractivity contribution in [3.8, 4) is 5.75 Å². The fourth-order valence-electron chi connectivity index (χ4n) is 3.41. The average Bonchev–Trinajstić information content (AvgIpc) is 2.74. The van der Waals surface area contributed by atoms with Crippen molar-refractivity contribution in [1.82, 2.24) is 5.32 Å². The number of nitrogens with one attached hydrogen (secondary N) is 1. The van der Waals surface area contributed by atoms with Crippen LogP contribution in [0, 0.1) is 0 Å². The van der Waals surface area contributed by atoms with Gasteiger partial charge in [0, 0.05) is 19.5 Å². The fraction of sp³-hybridized carbons (Fsp3) is 0.261. The first-order valence-corrected chi connectivity index (χ1v) is 12.1. The Kier molecular flexibility index (Phi) is 7.41. The lowest BCUT2D eigenvalue weighted by Crippen LogP contribution is -2.32. The summed E-state index contributed by atoms with van der Waals surface area (Å²) in [7, 11) is -2.04. The van der Waals surface area contributed by atoms with Crippen LogP contribution in [0.2, 0.25) is 5.02 Å². The number of methoxy groups -OCH3 is 1. The molecule has 164 valence electrons. The lowest BCUT2D eigenvalue weighted by atomic mass is 10.0. The van der Waals surface area contributed by atoms with Gasteiger partial charge in [-0.05, 0) is 41.0 Å². The van der Waals surface area contributed by atoms with E-state index in [1.807, 2.05) is 42.5 Å². The van der Waals surface area contributed by atoms with Crippen LogP contribution in [-0.2, 0) is 21.4 Å². The number of anilines is 1. The molecule has 3 rings (SSSR count). The molecular formula is C23H25ClN2O4S. The SMILES string of the molecule is COc1ccc(N(CCCC(=O)NCc2cccc3ccccc23)S(C)(=O)=O)cc1Cl. The van der Waals surface area contributed by atoms with Crippen LogP contribution in [0.1, 0.15) is 18.4 Å². The zero-order valence-corrected chi connectivity index (χ0v) is 19.0. The molecule has 0 aliphatic heterocycles. The van der Waals surface area contributed by atoms with Gasteiger partial charge in [0.05, 0.1) is 24.1 Å². The third-order valence-electron chi connectivity index (χ3n) is 4.94. The summed E-state index contributed by atoms with van der Waals surface area (Å²) in [5.41, 5.74) is 1.47. The van der Waals surface area contributed by atoms with E-state index in [-0.39, 0.29) is 18.9 Å². The minimum absolute atomic E-state index is 0.130. The molecule has 1 N–H and O–H groups in total. The van der Waals surface area contributed by atoms with Gasteiger partial charge in [-0.25, -0.2) is 8.42 Å². The zero-order chi connectivity index (χ0) is 22.4. The summed E-state index contributed by atoms with van der Waals surface area (Å²) in [6.45, 7) is 0.591. The van der Waals surface area contributed by atoms with Crippen LogP contribution in [-0.4, -0.2) is 34.2 Å². The standard InChI is InChI=1S/C23H25ClN2O4S/c1-30-22-13-12-19(15-21(22)24)26(31(2,28)29)14-6-11-23(27)25-16-18-9-5-8-17-7-3-4-10-20(17)18/h3-5,7-10,12-13,15H,6,11,14,16H2,1-2H3,(H,25,27). The molecule has 0 atom stereocenters. The molecule has 31 heavy (non-hydrogen) atoms. The molecule has 0 aliphatic carbocycles. The van der Waals surface area contributed by atoms with Gasteiger partial charge in [0.2, 0.25) is 15.9 Å². The highest BCUT2D eigenvalue weighted by Crippen LogP contribution is 2.30. The maximum Gasteiger partial charge on any atom is 0.232 e. The van der Waals surface area contributed by atoms with E-state index in [1.165, 1.54) is 11.4 Å². The van der Waals surface area contributed by atoms with Crippen LogP contribution >= 0.6 is 11.6 Å². The highest BCUT2D eigenvalue weighted by molar-refractivity contribution is 7.92. The summed E-state index contributed by atoms with van der Waals surface area (Å²) >= 11 is 6.14. The topological polar surface area (TPSA) is 75.7 Å². The number of nitrogens with zero attached hydrogens (tertiary/aromatic N) is 1. The molecule has 0 aromatic heterocycles. The third-order valence-corrected chi connectivity index (χ3v) is 6.43. The van der Waals surface area contributed by atoms with E-state index in [0.29, 0.717) is 29.4 Å². The average molecular weight is 461 g/mol. The van der Waals surface area contributed by atoms with E-state index in [1.54, 1.807) is 18.2 Å². The Hall–Kier alpha value is -2.77. The smallest absolute Gasteiger partial charge is 0.232 e. The number of ether oxygens (including phenoxy) is 1. The molecule has 0 fully saturated rings. The van der Waals surface area contributed by atoms with Crippen molar-refractivity contribution in [3.63, 3.8) is 0 Å². The molecule has 0 aliphatic rings. The van der Waals surface area contributed by atoms with Gasteiger partial charge in [-0.1, -0.05) is 54.1 Å². The molecule has 1 amide bonds. The van der Waals surface area contributed by atoms with Gasteiger partial charge in [-0.3, -0.25) is 9.10 Å². The molecule has 6 nitrogen and oxygen atoms in total. The number of halogens is 1. The second-order valence-corrected chi connectivity index (χ2v) is 9.49. The second kappa shape index (κ2) is 10.0. The molecule has 0 radical (unpaired) electrons. The van der Waals surface area contributed by atoms with Gasteiger partial charge in [-0.2, -0.15) is 0 Å². The van der Waals surface area contributed by atoms with Gasteiger partial charge in [0.15, 0.2) is 0 Å². The molecule has 0 bridgehead atoms. The Morgan fingerprint density at radius 3 is 2.55 bits per heavy atom. The van der Waals surface area contributed by atoms with E-state index in [4.69, 9.17) is 16.3 Å². The number of rotatable bonds is 9. The molecule has 0 saturated carbocycles. The van der Waals surface area contributed by atoms with Gasteiger partial charge in [0.1, 0.15) is 5.75 Å². The summed E-state index contributed by atoms with van der Waals surface area (Å²) in [6, 6.07) is 18.8. The van der Waals surface area contributed by atoms with Crippen molar-refractivity contribution in [3.05, 3.63) is 71.2 Å². The number of carbonyl (C=O) groups is 1. The highest BCUT2D eigenvalue weighted by atomic mass is 35.5. The number of benzene rings is 3. The number of sulfonamides is 1. The first kappa shape index (κ1) is 22.9. The highest BCUT2D eigenvalue weighted by Gasteiger charge is 2.19. The molecular weight excluding hydrogens is 436 g/mol. The Balaban J connectivity index is 1.59. The maximum absolute atomic E-state index is 12.3. The van der Waals surface area contributed by atoms with E-state index in [2.05, 4.69) is 5.32 Å². The van der Waals surface area contributed by atoms with Crippen molar-refractivity contribution in [2.75, 3.05) is 24.2 Å². The summed E-state index contributed by atoms with van der Waals surface area (Å²) in [5, 5.41) is 5.47. The molecule has 0 unspecified atom stereocenters. The predicted octanol–water partition coefficient (Wildman–Crippen LogP) is 4.36. The van der Waals surface area contributed by atoms with Gasteiger partial charge in [0.25, 0.3) is 0 Å². The van der Waals surface area contributed by atoms with Crippen molar-refractivity contribution in [1.29, 1.82) is 0 Å². The van der Waals surface area contributed by atoms with Crippen LogP contribution in [0.15, 0.2) is 60.7 Å². The Morgan fingerprint density at radius 1 is 1.10 bits per heavy atom. The van der Waals surface area contributed by atoms with Crippen LogP contribution in [0.3, 0.4) is 0 Å². The van der Waals surface area contributed by atoms with Crippen LogP contribution in [0.5, 0.6) is 5.75 Å². The Labute approximate surface area is 187 Å². The fourth-order valence-corrected chi connectivity index (χ4v) is 4.62. The van der Waals surface area contributed by atoms with Crippen molar-refractivity contribution in [2.45, 2.75) is 19.4 Å². The van der Waals surface area contributed by atoms with E-state index < -0.39 is 10.0 Å². The normalized spacial score (nSPS) is 11.3. The predicted molar refractivity (Wildman–Crippen MR) is 125 cm³/mol. The lowest BCUT2D eigenvalue weighted by Gasteiger charge is -2.23. The molecule has 0 saturated heterocycles. The first-order valence-electron chi connectivity index (χ1n) is 9.84. The van der Waals surface area contributed by atoms with E-state index >= 15 is 0 Å². The summed E-state index contributed by atoms with van der Waals surface area (Å²) in [4.78, 5) is 12.3. The summed E-state index contributed by atoms with van der Waals surface area (Å²) < 4.78 is 30.9. The Bertz CT molecular complexity index is 1180. The Morgan fingerprint density at radius 2 is 1.84 bits per heavy atom. The van der Waals surface area contributed by atoms with Crippen LogP contribution in [0.25, 0.3) is 10.8 Å². The minimum Gasteiger partial charge on any atom is -0.495 e. The third kappa shape index (κ3) is 5.89. The summed E-state index contributed by atoms with van der Waals surface area (Å²) in [6.07, 6.45) is 1.71. The van der Waals surface area contributed by atoms with E-state index in [9.17, 15) is 13.2 Å².